The van der Waals surface area contributed by atoms with Gasteiger partial charge in [0.15, 0.2) is 17.3 Å². The third-order valence-electron chi connectivity index (χ3n) is 4.96. The Balaban J connectivity index is 1.70. The van der Waals surface area contributed by atoms with E-state index in [1.54, 1.807) is 12.3 Å². The molecule has 4 rings (SSSR count). The Morgan fingerprint density at radius 3 is 2.85 bits per heavy atom. The van der Waals surface area contributed by atoms with Crippen molar-refractivity contribution in [2.45, 2.75) is 19.4 Å². The maximum Gasteiger partial charge on any atom is 0.273 e. The van der Waals surface area contributed by atoms with Gasteiger partial charge in [-0.2, -0.15) is 0 Å². The van der Waals surface area contributed by atoms with Crippen LogP contribution in [0.3, 0.4) is 0 Å². The molecule has 0 unspecified atom stereocenters. The van der Waals surface area contributed by atoms with Crippen LogP contribution in [-0.4, -0.2) is 48.1 Å². The molecule has 0 atom stereocenters. The van der Waals surface area contributed by atoms with E-state index in [0.29, 0.717) is 18.0 Å². The summed E-state index contributed by atoms with van der Waals surface area (Å²) in [6.45, 7) is -2.09. The van der Waals surface area contributed by atoms with Crippen molar-refractivity contribution < 1.29 is 18.4 Å². The fourth-order valence-corrected chi connectivity index (χ4v) is 4.16. The van der Waals surface area contributed by atoms with Crippen molar-refractivity contribution in [1.29, 1.82) is 0 Å². The number of thiazole rings is 1. The number of amides is 2. The van der Waals surface area contributed by atoms with E-state index in [1.165, 1.54) is 24.5 Å². The lowest BCUT2D eigenvalue weighted by Crippen LogP contribution is -2.22. The molecule has 0 spiro atoms. The predicted molar refractivity (Wildman–Crippen MR) is 127 cm³/mol. The van der Waals surface area contributed by atoms with Crippen LogP contribution in [0, 0.1) is 5.92 Å². The number of methoxy groups -OCH3 is 1. The highest BCUT2D eigenvalue weighted by Crippen LogP contribution is 2.40. The Morgan fingerprint density at radius 1 is 1.27 bits per heavy atom. The highest BCUT2D eigenvalue weighted by atomic mass is 32.1. The van der Waals surface area contributed by atoms with Gasteiger partial charge in [0.05, 0.1) is 23.4 Å². The van der Waals surface area contributed by atoms with Gasteiger partial charge in [-0.3, -0.25) is 9.59 Å². The number of carbonyl (C=O) groups excluding carboxylic acids is 2. The zero-order chi connectivity index (χ0) is 25.9. The van der Waals surface area contributed by atoms with Gasteiger partial charge < -0.3 is 26.0 Å². The van der Waals surface area contributed by atoms with Crippen molar-refractivity contribution in [2.24, 2.45) is 5.92 Å². The number of rotatable bonds is 9. The number of anilines is 3. The number of ether oxygens (including phenoxy) is 1. The Bertz CT molecular complexity index is 1280. The van der Waals surface area contributed by atoms with Crippen LogP contribution in [0.1, 0.15) is 32.5 Å². The van der Waals surface area contributed by atoms with Gasteiger partial charge in [0.1, 0.15) is 5.01 Å². The average molecular weight is 471 g/mol. The molecule has 3 aromatic rings. The van der Waals surface area contributed by atoms with Crippen LogP contribution < -0.4 is 26.0 Å². The molecule has 10 nitrogen and oxygen atoms in total. The monoisotopic (exact) mass is 470 g/mol. The van der Waals surface area contributed by atoms with E-state index >= 15 is 0 Å². The smallest absolute Gasteiger partial charge is 0.273 e. The van der Waals surface area contributed by atoms with Crippen molar-refractivity contribution in [1.82, 2.24) is 25.8 Å². The van der Waals surface area contributed by atoms with E-state index in [1.807, 2.05) is 24.5 Å². The summed E-state index contributed by atoms with van der Waals surface area (Å²) in [5, 5.41) is 19.5. The summed E-state index contributed by atoms with van der Waals surface area (Å²) >= 11 is 1.51. The molecule has 0 bridgehead atoms. The van der Waals surface area contributed by atoms with Crippen LogP contribution in [0.5, 0.6) is 5.75 Å². The minimum absolute atomic E-state index is 0.0641. The summed E-state index contributed by atoms with van der Waals surface area (Å²) in [6.07, 6.45) is 3.37. The van der Waals surface area contributed by atoms with E-state index in [-0.39, 0.29) is 29.0 Å². The van der Waals surface area contributed by atoms with E-state index in [4.69, 9.17) is 8.85 Å². The first-order valence-corrected chi connectivity index (χ1v) is 11.0. The number of nitrogens with one attached hydrogen (secondary N) is 4. The zero-order valence-electron chi connectivity index (χ0n) is 21.1. The summed E-state index contributed by atoms with van der Waals surface area (Å²) in [7, 11) is 3.37. The first-order chi connectivity index (χ1) is 17.2. The molecule has 33 heavy (non-hydrogen) atoms. The van der Waals surface area contributed by atoms with E-state index in [0.717, 1.165) is 28.3 Å². The molecular formula is C22H25N7O3S. The number of hydrogen-bond acceptors (Lipinski definition) is 9. The first kappa shape index (κ1) is 18.9. The average Bonchev–Trinajstić information content (AvgIpc) is 3.57. The van der Waals surface area contributed by atoms with E-state index in [2.05, 4.69) is 31.1 Å². The second-order valence-electron chi connectivity index (χ2n) is 7.37. The molecule has 1 aliphatic carbocycles. The van der Waals surface area contributed by atoms with Crippen molar-refractivity contribution >= 4 is 40.3 Å². The van der Waals surface area contributed by atoms with E-state index in [9.17, 15) is 9.59 Å². The van der Waals surface area contributed by atoms with Crippen LogP contribution in [0.2, 0.25) is 0 Å². The number of nitrogens with zero attached hydrogens (tertiary/aromatic N) is 3. The maximum absolute atomic E-state index is 12.7. The lowest BCUT2D eigenvalue weighted by atomic mass is 10.1. The lowest BCUT2D eigenvalue weighted by Gasteiger charge is -2.16. The zero-order valence-corrected chi connectivity index (χ0v) is 18.9. The summed E-state index contributed by atoms with van der Waals surface area (Å²) in [6, 6.07) is 6.87. The fraction of sp³-hybridized carbons (Fsp3) is 0.318. The number of carbonyl (C=O) groups is 2. The van der Waals surface area contributed by atoms with Crippen LogP contribution in [0.25, 0.3) is 10.4 Å². The summed E-state index contributed by atoms with van der Waals surface area (Å²) < 4.78 is 27.8. The van der Waals surface area contributed by atoms with Crippen LogP contribution in [0.4, 0.5) is 17.2 Å². The van der Waals surface area contributed by atoms with Gasteiger partial charge in [-0.25, -0.2) is 4.98 Å². The largest absolute Gasteiger partial charge is 0.494 e. The van der Waals surface area contributed by atoms with Gasteiger partial charge in [-0.05, 0) is 32.0 Å². The molecular weight excluding hydrogens is 442 g/mol. The van der Waals surface area contributed by atoms with Crippen LogP contribution >= 0.6 is 11.3 Å². The SMILES string of the molecule is [2H]C([2H])([2H])NC(=O)c1nnc(NC(=O)C2CC2)cc1Nc1cccc(-c2cnc(CNC)s2)c1OC. The van der Waals surface area contributed by atoms with Gasteiger partial charge in [-0.1, -0.05) is 6.07 Å². The Hall–Kier alpha value is -3.57. The molecule has 4 N–H and O–H groups in total. The fourth-order valence-electron chi connectivity index (χ4n) is 3.21. The van der Waals surface area contributed by atoms with Gasteiger partial charge >= 0.3 is 0 Å². The first-order valence-electron chi connectivity index (χ1n) is 11.7. The van der Waals surface area contributed by atoms with Crippen molar-refractivity contribution in [3.63, 3.8) is 0 Å². The molecule has 1 aliphatic rings. The summed E-state index contributed by atoms with van der Waals surface area (Å²) in [5.41, 5.74) is 1.17. The Morgan fingerprint density at radius 2 is 2.12 bits per heavy atom. The quantitative estimate of drug-likeness (QED) is 0.376. The molecule has 0 saturated heterocycles. The topological polar surface area (TPSA) is 130 Å². The summed E-state index contributed by atoms with van der Waals surface area (Å²) in [4.78, 5) is 30.2. The van der Waals surface area contributed by atoms with E-state index < -0.39 is 12.9 Å². The predicted octanol–water partition coefficient (Wildman–Crippen LogP) is 2.78. The minimum Gasteiger partial charge on any atom is -0.494 e. The van der Waals surface area contributed by atoms with Gasteiger partial charge in [-0.15, -0.1) is 21.5 Å². The highest BCUT2D eigenvalue weighted by molar-refractivity contribution is 7.15. The lowest BCUT2D eigenvalue weighted by molar-refractivity contribution is -0.117. The molecule has 2 heterocycles. The normalized spacial score (nSPS) is 14.5. The standard InChI is InChI=1S/C22H25N7O3S/c1-23-11-18-25-10-16(33-18)13-5-4-6-14(20(13)32-3)26-15-9-17(27-21(30)12-7-8-12)28-29-19(15)22(31)24-2/h4-6,9-10,12,23H,7-8,11H2,1-3H3,(H,24,31)(H2,26,27,28,30)/i2D3. The van der Waals surface area contributed by atoms with Crippen LogP contribution in [-0.2, 0) is 11.3 Å². The summed E-state index contributed by atoms with van der Waals surface area (Å²) in [5.74, 6) is -0.573. The number of hydrogen-bond donors (Lipinski definition) is 4. The molecule has 1 saturated carbocycles. The molecule has 1 aromatic carbocycles. The van der Waals surface area contributed by atoms with Gasteiger partial charge in [0, 0.05) is 41.4 Å². The van der Waals surface area contributed by atoms with Gasteiger partial charge in [0.2, 0.25) is 5.91 Å². The molecule has 11 heteroatoms. The molecule has 0 aliphatic heterocycles. The number of para-hydroxylation sites is 1. The van der Waals surface area contributed by atoms with Gasteiger partial charge in [0.25, 0.3) is 5.91 Å². The number of aromatic nitrogens is 3. The van der Waals surface area contributed by atoms with Crippen LogP contribution in [0.15, 0.2) is 30.5 Å². The molecule has 0 radical (unpaired) electrons. The minimum atomic E-state index is -2.72. The molecule has 172 valence electrons. The van der Waals surface area contributed by atoms with Crippen molar-refractivity contribution in [2.75, 3.05) is 31.8 Å². The second kappa shape index (κ2) is 9.92. The third kappa shape index (κ3) is 5.10. The molecule has 2 amide bonds. The Labute approximate surface area is 199 Å². The molecule has 1 fully saturated rings. The Kier molecular flexibility index (Phi) is 5.70. The maximum atomic E-state index is 12.7. The molecule has 2 aromatic heterocycles. The van der Waals surface area contributed by atoms with Crippen molar-refractivity contribution in [3.05, 3.63) is 41.2 Å². The highest BCUT2D eigenvalue weighted by Gasteiger charge is 2.30. The number of benzene rings is 1. The second-order valence-corrected chi connectivity index (χ2v) is 8.48. The van der Waals surface area contributed by atoms with Crippen molar-refractivity contribution in [3.8, 4) is 16.2 Å². The third-order valence-corrected chi connectivity index (χ3v) is 5.99.